The number of likely N-dealkylation sites (tertiary alicyclic amines) is 2. The van der Waals surface area contributed by atoms with Crippen LogP contribution in [-0.4, -0.2) is 93.1 Å². The molecule has 2 saturated heterocycles. The molecule has 8 atom stereocenters. The zero-order valence-electron chi connectivity index (χ0n) is 34.8. The maximum Gasteiger partial charge on any atom is 0.407 e. The summed E-state index contributed by atoms with van der Waals surface area (Å²) >= 11 is 0. The first kappa shape index (κ1) is 38.5. The molecule has 6 aliphatic rings. The van der Waals surface area contributed by atoms with E-state index in [0.717, 1.165) is 48.7 Å². The number of imidazole rings is 2. The molecule has 14 heteroatoms. The summed E-state index contributed by atoms with van der Waals surface area (Å²) in [5.74, 6) is 3.36. The highest BCUT2D eigenvalue weighted by molar-refractivity contribution is 5.87. The lowest BCUT2D eigenvalue weighted by molar-refractivity contribution is -0.134. The first-order chi connectivity index (χ1) is 29.1. The van der Waals surface area contributed by atoms with Gasteiger partial charge in [-0.2, -0.15) is 0 Å². The second kappa shape index (κ2) is 15.1. The quantitative estimate of drug-likeness (QED) is 0.133. The number of fused-ring (bicyclic) bond motifs is 10. The van der Waals surface area contributed by atoms with Crippen molar-refractivity contribution in [2.24, 2.45) is 0 Å². The Hall–Kier alpha value is -5.66. The molecule has 14 nitrogen and oxygen atoms in total. The number of nitrogens with one attached hydrogen (secondary N) is 4. The molecule has 4 amide bonds. The topological polar surface area (TPSA) is 175 Å². The Balaban J connectivity index is 0.960. The van der Waals surface area contributed by atoms with Gasteiger partial charge in [-0.15, -0.1) is 0 Å². The van der Waals surface area contributed by atoms with Gasteiger partial charge in [0.1, 0.15) is 23.7 Å². The van der Waals surface area contributed by atoms with Crippen molar-refractivity contribution < 1.29 is 28.7 Å². The molecule has 2 aromatic heterocycles. The van der Waals surface area contributed by atoms with E-state index in [9.17, 15) is 19.2 Å². The number of aromatic amines is 2. The Morgan fingerprint density at radius 3 is 1.35 bits per heavy atom. The van der Waals surface area contributed by atoms with Gasteiger partial charge in [0.25, 0.3) is 0 Å². The van der Waals surface area contributed by atoms with E-state index < -0.39 is 24.3 Å². The summed E-state index contributed by atoms with van der Waals surface area (Å²) < 4.78 is 9.45. The van der Waals surface area contributed by atoms with E-state index in [4.69, 9.17) is 19.4 Å². The van der Waals surface area contributed by atoms with E-state index >= 15 is 0 Å². The fourth-order valence-electron chi connectivity index (χ4n) is 12.0. The van der Waals surface area contributed by atoms with Crippen molar-refractivity contribution in [2.45, 2.75) is 126 Å². The van der Waals surface area contributed by atoms with Gasteiger partial charge in [0.2, 0.25) is 11.8 Å². The van der Waals surface area contributed by atoms with Crippen LogP contribution in [0.4, 0.5) is 9.59 Å². The van der Waals surface area contributed by atoms with E-state index in [1.807, 2.05) is 22.2 Å². The Morgan fingerprint density at radius 2 is 0.967 bits per heavy atom. The lowest BCUT2D eigenvalue weighted by atomic mass is 9.78. The Morgan fingerprint density at radius 1 is 0.600 bits per heavy atom. The van der Waals surface area contributed by atoms with Gasteiger partial charge in [0.15, 0.2) is 0 Å². The van der Waals surface area contributed by atoms with Crippen molar-refractivity contribution >= 4 is 24.0 Å². The Bertz CT molecular complexity index is 2220. The van der Waals surface area contributed by atoms with Crippen LogP contribution in [0.1, 0.15) is 148 Å². The summed E-state index contributed by atoms with van der Waals surface area (Å²) in [5, 5.41) is 5.24. The molecule has 0 spiro atoms. The fraction of sp³-hybridized carbons (Fsp3) is 0.522. The lowest BCUT2D eigenvalue weighted by Crippen LogP contribution is -2.46. The second-order valence-corrected chi connectivity index (χ2v) is 17.8. The molecular formula is C46H54N8O6. The van der Waals surface area contributed by atoms with Crippen LogP contribution in [0.3, 0.4) is 0 Å². The van der Waals surface area contributed by atoms with Crippen molar-refractivity contribution in [3.8, 4) is 33.6 Å². The molecule has 2 aliphatic heterocycles. The Labute approximate surface area is 349 Å². The first-order valence-electron chi connectivity index (χ1n) is 21.9. The first-order valence-corrected chi connectivity index (χ1v) is 21.9. The SMILES string of the molecule is COC(=O)N[C@@H](C)C(=O)N1CCC[C@H]1c1ncc(-c2ccc(-c3ccc(-c4cnc([C@@H]5CCCN5C(=O)[C@H](C)NC(=O)OC)[nH]4)c4c3C3CCC4C3)c3c2C2CCC3C2)[nH]1. The minimum Gasteiger partial charge on any atom is -0.453 e. The van der Waals surface area contributed by atoms with Gasteiger partial charge in [-0.1, -0.05) is 24.3 Å². The number of nitrogens with zero attached hydrogens (tertiary/aromatic N) is 4. The molecule has 4 unspecified atom stereocenters. The normalized spacial score (nSPS) is 25.6. The summed E-state index contributed by atoms with van der Waals surface area (Å²) in [6.45, 7) is 4.61. The number of H-pyrrole nitrogens is 2. The highest BCUT2D eigenvalue weighted by atomic mass is 16.5. The fourth-order valence-corrected chi connectivity index (χ4v) is 12.0. The van der Waals surface area contributed by atoms with Gasteiger partial charge in [-0.05, 0) is 135 Å². The van der Waals surface area contributed by atoms with Crippen LogP contribution < -0.4 is 10.6 Å². The predicted octanol–water partition coefficient (Wildman–Crippen LogP) is 7.68. The van der Waals surface area contributed by atoms with Crippen LogP contribution in [0.15, 0.2) is 36.7 Å². The summed E-state index contributed by atoms with van der Waals surface area (Å²) in [6.07, 6.45) is 13.2. The van der Waals surface area contributed by atoms with Crippen LogP contribution in [0, 0.1) is 0 Å². The van der Waals surface area contributed by atoms with Gasteiger partial charge >= 0.3 is 12.2 Å². The average Bonchev–Trinajstić information content (AvgIpc) is 4.12. The number of amides is 4. The number of hydrogen-bond acceptors (Lipinski definition) is 8. The van der Waals surface area contributed by atoms with E-state index in [-0.39, 0.29) is 23.9 Å². The second-order valence-electron chi connectivity index (χ2n) is 17.8. The molecule has 4 fully saturated rings. The van der Waals surface area contributed by atoms with Gasteiger partial charge in [-0.25, -0.2) is 19.6 Å². The van der Waals surface area contributed by atoms with Crippen LogP contribution >= 0.6 is 0 Å². The molecule has 10 rings (SSSR count). The molecule has 4 aliphatic carbocycles. The smallest absolute Gasteiger partial charge is 0.407 e. The molecule has 60 heavy (non-hydrogen) atoms. The van der Waals surface area contributed by atoms with Crippen LogP contribution in [0.5, 0.6) is 0 Å². The average molecular weight is 815 g/mol. The molecular weight excluding hydrogens is 761 g/mol. The minimum atomic E-state index is -0.699. The highest BCUT2D eigenvalue weighted by Gasteiger charge is 2.45. The number of aromatic nitrogens is 4. The zero-order chi connectivity index (χ0) is 41.4. The third kappa shape index (κ3) is 6.27. The Kier molecular flexibility index (Phi) is 9.70. The van der Waals surface area contributed by atoms with E-state index in [1.165, 1.54) is 97.3 Å². The van der Waals surface area contributed by atoms with Gasteiger partial charge in [-0.3, -0.25) is 9.59 Å². The van der Waals surface area contributed by atoms with Crippen LogP contribution in [0.2, 0.25) is 0 Å². The van der Waals surface area contributed by atoms with Crippen molar-refractivity contribution in [2.75, 3.05) is 27.3 Å². The van der Waals surface area contributed by atoms with E-state index in [1.54, 1.807) is 13.8 Å². The number of rotatable bonds is 9. The summed E-state index contributed by atoms with van der Waals surface area (Å²) in [6, 6.07) is 7.56. The number of alkyl carbamates (subject to hydrolysis) is 2. The molecule has 4 bridgehead atoms. The summed E-state index contributed by atoms with van der Waals surface area (Å²) in [7, 11) is 2.59. The summed E-state index contributed by atoms with van der Waals surface area (Å²) in [4.78, 5) is 71.3. The third-order valence-electron chi connectivity index (χ3n) is 14.6. The predicted molar refractivity (Wildman–Crippen MR) is 223 cm³/mol. The third-order valence-corrected chi connectivity index (χ3v) is 14.6. The maximum atomic E-state index is 13.4. The number of carbonyl (C=O) groups excluding carboxylic acids is 4. The molecule has 0 radical (unpaired) electrons. The maximum absolute atomic E-state index is 13.4. The van der Waals surface area contributed by atoms with E-state index in [2.05, 4.69) is 44.9 Å². The van der Waals surface area contributed by atoms with Gasteiger partial charge in [0.05, 0.1) is 50.1 Å². The van der Waals surface area contributed by atoms with Gasteiger partial charge < -0.3 is 39.9 Å². The van der Waals surface area contributed by atoms with E-state index in [0.29, 0.717) is 36.8 Å². The standard InChI is InChI=1S/C46H54N8O6/c1-23(49-45(57)59-3)43(55)53-17-5-7-35(53)41-47-21-33(51-41)31-15-13-29(37-25-9-11-27(19-25)39(31)37)30-14-16-32(40-28-12-10-26(20-28)38(30)40)34-22-48-42(52-34)36-8-6-18-54(36)44(56)24(2)50-46(58)60-4/h13-16,21-28,35-36H,5-12,17-20H2,1-4H3,(H,47,51)(H,48,52)(H,49,57)(H,50,58)/t23-,24-,25?,26?,27?,28?,35-,36-/m0/s1. The molecule has 2 saturated carbocycles. The summed E-state index contributed by atoms with van der Waals surface area (Å²) in [5.41, 5.74) is 13.1. The van der Waals surface area contributed by atoms with Crippen LogP contribution in [-0.2, 0) is 19.1 Å². The van der Waals surface area contributed by atoms with Crippen molar-refractivity contribution in [1.29, 1.82) is 0 Å². The molecule has 4 aromatic rings. The van der Waals surface area contributed by atoms with Crippen molar-refractivity contribution in [1.82, 2.24) is 40.4 Å². The van der Waals surface area contributed by atoms with Crippen LogP contribution in [0.25, 0.3) is 33.6 Å². The lowest BCUT2D eigenvalue weighted by Gasteiger charge is -2.27. The number of benzene rings is 2. The number of hydrogen-bond donors (Lipinski definition) is 4. The number of carbonyl (C=O) groups is 4. The molecule has 4 N–H and O–H groups in total. The van der Waals surface area contributed by atoms with Crippen molar-refractivity contribution in [3.63, 3.8) is 0 Å². The highest BCUT2D eigenvalue weighted by Crippen LogP contribution is 2.62. The zero-order valence-corrected chi connectivity index (χ0v) is 34.8. The van der Waals surface area contributed by atoms with Crippen molar-refractivity contribution in [3.05, 3.63) is 70.6 Å². The largest absolute Gasteiger partial charge is 0.453 e. The molecule has 2 aromatic carbocycles. The monoisotopic (exact) mass is 814 g/mol. The molecule has 4 heterocycles. The number of ether oxygens (including phenoxy) is 2. The number of methoxy groups -OCH3 is 2. The molecule has 314 valence electrons. The minimum absolute atomic E-state index is 0.142. The van der Waals surface area contributed by atoms with Gasteiger partial charge in [0, 0.05) is 24.2 Å².